The van der Waals surface area contributed by atoms with Crippen molar-refractivity contribution in [2.75, 3.05) is 6.61 Å². The van der Waals surface area contributed by atoms with Crippen LogP contribution in [0.1, 0.15) is 50.7 Å². The molecule has 7 heteroatoms. The quantitative estimate of drug-likeness (QED) is 0.550. The number of carboxylic acid groups (broad SMARTS) is 1. The first kappa shape index (κ1) is 23.3. The fourth-order valence-electron chi connectivity index (χ4n) is 4.07. The van der Waals surface area contributed by atoms with E-state index in [-0.39, 0.29) is 24.9 Å². The molecule has 0 heterocycles. The fraction of sp³-hybridized carbons (Fsp3) is 0.400. The number of benzene rings is 2. The van der Waals surface area contributed by atoms with E-state index >= 15 is 0 Å². The lowest BCUT2D eigenvalue weighted by Gasteiger charge is -2.25. The molecule has 0 bridgehead atoms. The van der Waals surface area contributed by atoms with Crippen LogP contribution in [0.5, 0.6) is 0 Å². The van der Waals surface area contributed by atoms with Crippen LogP contribution < -0.4 is 10.6 Å². The zero-order valence-corrected chi connectivity index (χ0v) is 18.6. The van der Waals surface area contributed by atoms with Crippen molar-refractivity contribution in [3.05, 3.63) is 59.7 Å². The third-order valence-electron chi connectivity index (χ3n) is 6.14. The summed E-state index contributed by atoms with van der Waals surface area (Å²) in [5.41, 5.74) is 4.47. The second-order valence-corrected chi connectivity index (χ2v) is 8.14. The van der Waals surface area contributed by atoms with Crippen LogP contribution in [0.15, 0.2) is 48.5 Å². The summed E-state index contributed by atoms with van der Waals surface area (Å²) in [5.74, 6) is -1.91. The van der Waals surface area contributed by atoms with E-state index in [1.54, 1.807) is 6.92 Å². The van der Waals surface area contributed by atoms with E-state index < -0.39 is 30.1 Å². The van der Waals surface area contributed by atoms with Crippen molar-refractivity contribution < 1.29 is 24.2 Å². The van der Waals surface area contributed by atoms with Crippen LogP contribution in [0.4, 0.5) is 4.79 Å². The lowest BCUT2D eigenvalue weighted by molar-refractivity contribution is -0.142. The third kappa shape index (κ3) is 4.93. The summed E-state index contributed by atoms with van der Waals surface area (Å²) in [6, 6.07) is 14.2. The molecule has 2 amide bonds. The second kappa shape index (κ2) is 10.3. The number of carbonyl (C=O) groups excluding carboxylic acids is 2. The van der Waals surface area contributed by atoms with Gasteiger partial charge in [0.05, 0.1) is 0 Å². The van der Waals surface area contributed by atoms with E-state index in [0.29, 0.717) is 6.42 Å². The third-order valence-corrected chi connectivity index (χ3v) is 6.14. The van der Waals surface area contributed by atoms with Crippen molar-refractivity contribution >= 4 is 18.0 Å². The van der Waals surface area contributed by atoms with Gasteiger partial charge in [0, 0.05) is 5.92 Å². The van der Waals surface area contributed by atoms with Gasteiger partial charge in [-0.25, -0.2) is 9.59 Å². The molecule has 0 aliphatic heterocycles. The number of ether oxygens (including phenoxy) is 1. The highest BCUT2D eigenvalue weighted by Gasteiger charge is 2.32. The highest BCUT2D eigenvalue weighted by molar-refractivity contribution is 5.89. The SMILES string of the molecule is CCC(NC(=O)[C@@H](NC(=O)OCC1c2ccccc2-c2ccccc21)[C@@H](C)CC)C(=O)O. The van der Waals surface area contributed by atoms with Gasteiger partial charge in [0.25, 0.3) is 0 Å². The molecule has 0 fully saturated rings. The van der Waals surface area contributed by atoms with Crippen LogP contribution in [0.3, 0.4) is 0 Å². The smallest absolute Gasteiger partial charge is 0.407 e. The number of fused-ring (bicyclic) bond motifs is 3. The van der Waals surface area contributed by atoms with Crippen LogP contribution in [-0.2, 0) is 14.3 Å². The molecular formula is C25H30N2O5. The van der Waals surface area contributed by atoms with Gasteiger partial charge in [-0.1, -0.05) is 75.7 Å². The number of hydrogen-bond donors (Lipinski definition) is 3. The average molecular weight is 439 g/mol. The van der Waals surface area contributed by atoms with Gasteiger partial charge in [0.15, 0.2) is 0 Å². The molecule has 3 rings (SSSR count). The number of amides is 2. The highest BCUT2D eigenvalue weighted by atomic mass is 16.5. The van der Waals surface area contributed by atoms with Gasteiger partial charge < -0.3 is 20.5 Å². The fourth-order valence-corrected chi connectivity index (χ4v) is 4.07. The van der Waals surface area contributed by atoms with Crippen LogP contribution in [0.2, 0.25) is 0 Å². The van der Waals surface area contributed by atoms with Gasteiger partial charge in [-0.05, 0) is 34.6 Å². The minimum absolute atomic E-state index is 0.0829. The Bertz CT molecular complexity index is 944. The van der Waals surface area contributed by atoms with Crippen LogP contribution in [0, 0.1) is 5.92 Å². The van der Waals surface area contributed by atoms with Crippen LogP contribution in [0.25, 0.3) is 11.1 Å². The number of hydrogen-bond acceptors (Lipinski definition) is 4. The lowest BCUT2D eigenvalue weighted by atomic mass is 9.98. The molecule has 2 aromatic carbocycles. The topological polar surface area (TPSA) is 105 Å². The Hall–Kier alpha value is -3.35. The average Bonchev–Trinajstić information content (AvgIpc) is 3.12. The van der Waals surface area contributed by atoms with E-state index in [1.807, 2.05) is 50.2 Å². The maximum absolute atomic E-state index is 12.7. The molecule has 0 saturated carbocycles. The lowest BCUT2D eigenvalue weighted by Crippen LogP contribution is -2.54. The first-order valence-corrected chi connectivity index (χ1v) is 11.0. The highest BCUT2D eigenvalue weighted by Crippen LogP contribution is 2.44. The monoisotopic (exact) mass is 438 g/mol. The summed E-state index contributed by atoms with van der Waals surface area (Å²) in [7, 11) is 0. The zero-order chi connectivity index (χ0) is 23.3. The molecule has 7 nitrogen and oxygen atoms in total. The number of rotatable bonds is 9. The van der Waals surface area contributed by atoms with Gasteiger partial charge in [-0.3, -0.25) is 4.79 Å². The summed E-state index contributed by atoms with van der Waals surface area (Å²) < 4.78 is 5.55. The Morgan fingerprint density at radius 1 is 0.938 bits per heavy atom. The van der Waals surface area contributed by atoms with Crippen molar-refractivity contribution in [2.45, 2.75) is 51.6 Å². The largest absolute Gasteiger partial charge is 0.480 e. The maximum Gasteiger partial charge on any atom is 0.407 e. The predicted octanol–water partition coefficient (Wildman–Crippen LogP) is 3.92. The maximum atomic E-state index is 12.7. The molecule has 0 saturated heterocycles. The summed E-state index contributed by atoms with van der Waals surface area (Å²) in [4.78, 5) is 36.6. The minimum Gasteiger partial charge on any atom is -0.480 e. The molecule has 170 valence electrons. The molecule has 2 aromatic rings. The predicted molar refractivity (Wildman–Crippen MR) is 121 cm³/mol. The number of carbonyl (C=O) groups is 3. The van der Waals surface area contributed by atoms with Crippen molar-refractivity contribution in [3.63, 3.8) is 0 Å². The summed E-state index contributed by atoms with van der Waals surface area (Å²) in [6.07, 6.45) is 0.181. The standard InChI is InChI=1S/C25H30N2O5/c1-4-15(3)22(23(28)26-21(5-2)24(29)30)27-25(31)32-14-20-18-12-8-6-10-16(18)17-11-7-9-13-19(17)20/h6-13,15,20-22H,4-5,14H2,1-3H3,(H,26,28)(H,27,31)(H,29,30)/t15-,21?,22-/m0/s1. The van der Waals surface area contributed by atoms with E-state index in [4.69, 9.17) is 4.74 Å². The Kier molecular flexibility index (Phi) is 7.51. The first-order valence-electron chi connectivity index (χ1n) is 11.0. The Morgan fingerprint density at radius 2 is 1.50 bits per heavy atom. The van der Waals surface area contributed by atoms with Crippen LogP contribution in [-0.4, -0.2) is 41.8 Å². The molecular weight excluding hydrogens is 408 g/mol. The van der Waals surface area contributed by atoms with Gasteiger partial charge in [0.1, 0.15) is 18.7 Å². The molecule has 0 aromatic heterocycles. The molecule has 1 unspecified atom stereocenters. The Labute approximate surface area is 188 Å². The molecule has 3 atom stereocenters. The molecule has 32 heavy (non-hydrogen) atoms. The van der Waals surface area contributed by atoms with Crippen molar-refractivity contribution in [3.8, 4) is 11.1 Å². The molecule has 0 spiro atoms. The zero-order valence-electron chi connectivity index (χ0n) is 18.6. The number of alkyl carbamates (subject to hydrolysis) is 1. The van der Waals surface area contributed by atoms with E-state index in [0.717, 1.165) is 22.3 Å². The van der Waals surface area contributed by atoms with Gasteiger partial charge >= 0.3 is 12.1 Å². The van der Waals surface area contributed by atoms with Gasteiger partial charge in [-0.15, -0.1) is 0 Å². The van der Waals surface area contributed by atoms with E-state index in [9.17, 15) is 19.5 Å². The van der Waals surface area contributed by atoms with Crippen molar-refractivity contribution in [1.82, 2.24) is 10.6 Å². The van der Waals surface area contributed by atoms with Crippen molar-refractivity contribution in [2.24, 2.45) is 5.92 Å². The van der Waals surface area contributed by atoms with E-state index in [2.05, 4.69) is 22.8 Å². The summed E-state index contributed by atoms with van der Waals surface area (Å²) in [5, 5.41) is 14.4. The minimum atomic E-state index is -1.11. The summed E-state index contributed by atoms with van der Waals surface area (Å²) >= 11 is 0. The number of aliphatic carboxylic acids is 1. The van der Waals surface area contributed by atoms with Gasteiger partial charge in [0.2, 0.25) is 5.91 Å². The van der Waals surface area contributed by atoms with E-state index in [1.165, 1.54) is 0 Å². The Morgan fingerprint density at radius 3 is 2.00 bits per heavy atom. The normalized spacial score (nSPS) is 15.1. The summed E-state index contributed by atoms with van der Waals surface area (Å²) in [6.45, 7) is 5.55. The molecule has 1 aliphatic rings. The van der Waals surface area contributed by atoms with Gasteiger partial charge in [-0.2, -0.15) is 0 Å². The molecule has 0 radical (unpaired) electrons. The Balaban J connectivity index is 1.68. The molecule has 1 aliphatic carbocycles. The first-order chi connectivity index (χ1) is 15.4. The number of nitrogens with one attached hydrogen (secondary N) is 2. The number of carboxylic acids is 1. The van der Waals surface area contributed by atoms with Crippen molar-refractivity contribution in [1.29, 1.82) is 0 Å². The molecule has 3 N–H and O–H groups in total. The second-order valence-electron chi connectivity index (χ2n) is 8.14. The van der Waals surface area contributed by atoms with Crippen LogP contribution >= 0.6 is 0 Å².